The van der Waals surface area contributed by atoms with E-state index in [1.54, 1.807) is 26.0 Å². The van der Waals surface area contributed by atoms with E-state index in [4.69, 9.17) is 22.6 Å². The van der Waals surface area contributed by atoms with Crippen molar-refractivity contribution in [3.8, 4) is 16.5 Å². The van der Waals surface area contributed by atoms with Crippen LogP contribution < -0.4 is 5.73 Å². The molecule has 1 unspecified atom stereocenters. The molecule has 1 aromatic heterocycles. The molecule has 0 fully saturated rings. The van der Waals surface area contributed by atoms with Gasteiger partial charge in [-0.25, -0.2) is 4.39 Å². The predicted molar refractivity (Wildman–Crippen MR) is 113 cm³/mol. The van der Waals surface area contributed by atoms with E-state index in [0.717, 1.165) is 9.75 Å². The molecule has 0 radical (unpaired) electrons. The number of hydrogen-bond donors (Lipinski definition) is 1. The Labute approximate surface area is 167 Å². The molecule has 4 nitrogen and oxygen atoms in total. The smallest absolute Gasteiger partial charge is 0.140 e. The van der Waals surface area contributed by atoms with Crippen LogP contribution in [0.1, 0.15) is 31.2 Å². The van der Waals surface area contributed by atoms with E-state index < -0.39 is 25.6 Å². The molecule has 0 bridgehead atoms. The van der Waals surface area contributed by atoms with E-state index in [9.17, 15) is 8.60 Å². The lowest BCUT2D eigenvalue weighted by Gasteiger charge is -2.40. The van der Waals surface area contributed by atoms with Gasteiger partial charge >= 0.3 is 0 Å². The Kier molecular flexibility index (Phi) is 4.66. The molecule has 1 aromatic carbocycles. The first-order valence-corrected chi connectivity index (χ1v) is 11.2. The van der Waals surface area contributed by atoms with Crippen molar-refractivity contribution in [3.05, 3.63) is 45.5 Å². The molecule has 0 aliphatic carbocycles. The summed E-state index contributed by atoms with van der Waals surface area (Å²) in [5.74, 6) is 3.87. The number of rotatable bonds is 2. The highest BCUT2D eigenvalue weighted by molar-refractivity contribution is 8.02. The van der Waals surface area contributed by atoms with Crippen LogP contribution >= 0.6 is 22.9 Å². The van der Waals surface area contributed by atoms with Gasteiger partial charge in [0.25, 0.3) is 0 Å². The van der Waals surface area contributed by atoms with Gasteiger partial charge in [-0.2, -0.15) is 5.26 Å². The van der Waals surface area contributed by atoms with Crippen molar-refractivity contribution < 1.29 is 8.60 Å². The van der Waals surface area contributed by atoms with Crippen molar-refractivity contribution >= 4 is 44.2 Å². The van der Waals surface area contributed by atoms with Crippen molar-refractivity contribution in [1.29, 1.82) is 5.26 Å². The topological polar surface area (TPSA) is 79.2 Å². The van der Waals surface area contributed by atoms with Gasteiger partial charge in [0.1, 0.15) is 23.3 Å². The average Bonchev–Trinajstić information content (AvgIpc) is 2.96. The van der Waals surface area contributed by atoms with Crippen molar-refractivity contribution in [3.63, 3.8) is 0 Å². The Morgan fingerprint density at radius 2 is 2.07 bits per heavy atom. The van der Waals surface area contributed by atoms with Gasteiger partial charge in [0.2, 0.25) is 0 Å². The summed E-state index contributed by atoms with van der Waals surface area (Å²) in [6.07, 6.45) is 0. The minimum Gasteiger partial charge on any atom is -0.386 e. The van der Waals surface area contributed by atoms with Gasteiger partial charge in [0, 0.05) is 10.6 Å². The summed E-state index contributed by atoms with van der Waals surface area (Å²) in [6, 6.07) is 7.91. The Bertz CT molecular complexity index is 1110. The molecule has 1 aliphatic heterocycles. The highest BCUT2D eigenvalue weighted by Crippen LogP contribution is 2.45. The molecule has 0 spiro atoms. The SMILES string of the molecule is C=S1(=O)C[C@@](C)(c2sc(-c3ccc(F)c(C#N)c3)cc2Cl)N=C(N)C1(C)C. The predicted octanol–water partition coefficient (Wildman–Crippen LogP) is 4.16. The van der Waals surface area contributed by atoms with Gasteiger partial charge in [0.05, 0.1) is 20.2 Å². The fraction of sp³-hybridized carbons (Fsp3) is 0.316. The maximum atomic E-state index is 13.6. The minimum absolute atomic E-state index is 0.0350. The zero-order valence-electron chi connectivity index (χ0n) is 15.2. The second-order valence-corrected chi connectivity index (χ2v) is 11.7. The number of aliphatic imine (C=N–C) groups is 1. The zero-order chi connectivity index (χ0) is 20.2. The lowest BCUT2D eigenvalue weighted by atomic mass is 10.0. The van der Waals surface area contributed by atoms with Crippen LogP contribution in [0.25, 0.3) is 10.4 Å². The lowest BCUT2D eigenvalue weighted by molar-refractivity contribution is 0.543. The quantitative estimate of drug-likeness (QED) is 0.736. The van der Waals surface area contributed by atoms with Crippen LogP contribution in [0.15, 0.2) is 29.3 Å². The normalized spacial score (nSPS) is 27.0. The number of nitrogens with zero attached hydrogens (tertiary/aromatic N) is 2. The fourth-order valence-corrected chi connectivity index (χ4v) is 6.64. The molecule has 2 aromatic rings. The maximum absolute atomic E-state index is 13.6. The molecule has 142 valence electrons. The third-order valence-corrected chi connectivity index (χ3v) is 9.92. The summed E-state index contributed by atoms with van der Waals surface area (Å²) in [4.78, 5) is 6.12. The minimum atomic E-state index is -2.55. The van der Waals surface area contributed by atoms with E-state index in [1.165, 1.54) is 23.5 Å². The largest absolute Gasteiger partial charge is 0.386 e. The van der Waals surface area contributed by atoms with E-state index in [0.29, 0.717) is 10.6 Å². The molecule has 27 heavy (non-hydrogen) atoms. The Hall–Kier alpha value is -1.88. The van der Waals surface area contributed by atoms with E-state index >= 15 is 0 Å². The van der Waals surface area contributed by atoms with Gasteiger partial charge < -0.3 is 5.73 Å². The summed E-state index contributed by atoms with van der Waals surface area (Å²) in [5.41, 5.74) is 5.92. The molecule has 2 atom stereocenters. The van der Waals surface area contributed by atoms with Gasteiger partial charge in [0.15, 0.2) is 0 Å². The van der Waals surface area contributed by atoms with Crippen LogP contribution in [0.4, 0.5) is 4.39 Å². The number of hydrogen-bond acceptors (Lipinski definition) is 5. The molecule has 3 rings (SSSR count). The fourth-order valence-electron chi connectivity index (χ4n) is 3.02. The Morgan fingerprint density at radius 3 is 2.67 bits per heavy atom. The van der Waals surface area contributed by atoms with Crippen molar-refractivity contribution in [2.45, 2.75) is 31.1 Å². The number of thiophene rings is 1. The van der Waals surface area contributed by atoms with Gasteiger partial charge in [-0.1, -0.05) is 17.7 Å². The molecule has 0 amide bonds. The molecule has 0 saturated carbocycles. The first kappa shape index (κ1) is 19.9. The van der Waals surface area contributed by atoms with Gasteiger partial charge in [-0.3, -0.25) is 9.20 Å². The van der Waals surface area contributed by atoms with E-state index in [2.05, 4.69) is 10.9 Å². The number of benzene rings is 1. The van der Waals surface area contributed by atoms with Crippen molar-refractivity contribution in [2.24, 2.45) is 10.7 Å². The standard InChI is InChI=1S/C19H19ClFN3OS2/c1-18(2)17(23)24-19(3,10-27(18,4)25)16-13(20)8-15(26-16)11-5-6-14(21)12(7-11)9-22/h5-8H,4,10H2,1-3H3,(H2,23,24)/t19-,27?/m0/s1. The second-order valence-electron chi connectivity index (χ2n) is 7.33. The van der Waals surface area contributed by atoms with Crippen LogP contribution in [0.2, 0.25) is 5.02 Å². The number of nitriles is 1. The van der Waals surface area contributed by atoms with Crippen molar-refractivity contribution in [1.82, 2.24) is 0 Å². The number of nitrogens with two attached hydrogens (primary N) is 1. The summed E-state index contributed by atoms with van der Waals surface area (Å²) >= 11 is 7.85. The highest BCUT2D eigenvalue weighted by Gasteiger charge is 2.46. The number of halogens is 2. The van der Waals surface area contributed by atoms with Crippen LogP contribution in [0.5, 0.6) is 0 Å². The third kappa shape index (κ3) is 3.16. The summed E-state index contributed by atoms with van der Waals surface area (Å²) < 4.78 is 26.0. The molecule has 2 heterocycles. The van der Waals surface area contributed by atoms with E-state index in [-0.39, 0.29) is 17.2 Å². The zero-order valence-corrected chi connectivity index (χ0v) is 17.6. The summed E-state index contributed by atoms with van der Waals surface area (Å²) in [7, 11) is -2.55. The molecule has 2 N–H and O–H groups in total. The maximum Gasteiger partial charge on any atom is 0.140 e. The number of amidine groups is 1. The third-order valence-electron chi connectivity index (χ3n) is 4.98. The first-order chi connectivity index (χ1) is 12.4. The Balaban J connectivity index is 2.13. The van der Waals surface area contributed by atoms with Gasteiger partial charge in [-0.15, -0.1) is 11.3 Å². The second kappa shape index (κ2) is 6.33. The molecular formula is C19H19ClFN3OS2. The molecule has 0 saturated heterocycles. The van der Waals surface area contributed by atoms with E-state index in [1.807, 2.05) is 13.0 Å². The summed E-state index contributed by atoms with van der Waals surface area (Å²) in [5, 5.41) is 9.51. The lowest BCUT2D eigenvalue weighted by Crippen LogP contribution is -2.54. The molecule has 1 aliphatic rings. The highest BCUT2D eigenvalue weighted by atomic mass is 35.5. The monoisotopic (exact) mass is 423 g/mol. The van der Waals surface area contributed by atoms with Crippen LogP contribution in [-0.2, 0) is 15.1 Å². The van der Waals surface area contributed by atoms with Crippen LogP contribution in [0, 0.1) is 17.1 Å². The average molecular weight is 424 g/mol. The van der Waals surface area contributed by atoms with Crippen molar-refractivity contribution in [2.75, 3.05) is 5.75 Å². The summed E-state index contributed by atoms with van der Waals surface area (Å²) in [6.45, 7) is 5.40. The Morgan fingerprint density at radius 1 is 1.41 bits per heavy atom. The van der Waals surface area contributed by atoms with Crippen LogP contribution in [0.3, 0.4) is 0 Å². The molecular weight excluding hydrogens is 405 g/mol. The van der Waals surface area contributed by atoms with Gasteiger partial charge in [-0.05, 0) is 59.9 Å². The first-order valence-electron chi connectivity index (χ1n) is 8.11. The molecule has 8 heteroatoms. The van der Waals surface area contributed by atoms with Crippen LogP contribution in [-0.4, -0.2) is 26.4 Å².